The Labute approximate surface area is 96.3 Å². The normalized spacial score (nSPS) is 24.1. The van der Waals surface area contributed by atoms with Crippen molar-refractivity contribution in [3.05, 3.63) is 34.9 Å². The lowest BCUT2D eigenvalue weighted by Gasteiger charge is -2.20. The van der Waals surface area contributed by atoms with Gasteiger partial charge >= 0.3 is 0 Å². The van der Waals surface area contributed by atoms with E-state index in [0.29, 0.717) is 12.6 Å². The van der Waals surface area contributed by atoms with Gasteiger partial charge in [0.2, 0.25) is 0 Å². The molecule has 16 heavy (non-hydrogen) atoms. The largest absolute Gasteiger partial charge is 0.463 e. The van der Waals surface area contributed by atoms with Gasteiger partial charge < -0.3 is 10.5 Å². The van der Waals surface area contributed by atoms with Crippen LogP contribution in [-0.2, 0) is 11.2 Å². The maximum atomic E-state index is 5.57. The molecule has 86 valence electrons. The molecule has 3 nitrogen and oxygen atoms in total. The number of amidine groups is 1. The molecular weight excluding hydrogens is 200 g/mol. The number of hydrogen-bond donors (Lipinski definition) is 1. The van der Waals surface area contributed by atoms with Gasteiger partial charge in [-0.1, -0.05) is 18.2 Å². The Balaban J connectivity index is 2.28. The average Bonchev–Trinajstić information content (AvgIpc) is 2.53. The maximum absolute atomic E-state index is 5.57. The van der Waals surface area contributed by atoms with Crippen LogP contribution in [0.2, 0.25) is 0 Å². The van der Waals surface area contributed by atoms with Gasteiger partial charge in [-0.05, 0) is 37.5 Å². The van der Waals surface area contributed by atoms with Gasteiger partial charge in [0.05, 0.1) is 0 Å². The molecular formula is C13H18N2O. The standard InChI is InChI=1S/C13H18N2O/c1-9-5-4-6-10(2)11(9)7-13(3)8-16-12(14)15-13/h4-6H,7-8H2,1-3H3,(H2,14,15)/t13-/m0/s1. The number of nitrogens with zero attached hydrogens (tertiary/aromatic N) is 1. The van der Waals surface area contributed by atoms with Gasteiger partial charge in [-0.25, -0.2) is 4.99 Å². The van der Waals surface area contributed by atoms with E-state index in [0.717, 1.165) is 6.42 Å². The second-order valence-electron chi connectivity index (χ2n) is 4.78. The van der Waals surface area contributed by atoms with Crippen LogP contribution >= 0.6 is 0 Å². The highest BCUT2D eigenvalue weighted by Crippen LogP contribution is 2.26. The van der Waals surface area contributed by atoms with Gasteiger partial charge in [0.1, 0.15) is 12.1 Å². The SMILES string of the molecule is Cc1cccc(C)c1C[C@@]1(C)COC(N)=N1. The molecule has 2 rings (SSSR count). The van der Waals surface area contributed by atoms with E-state index in [-0.39, 0.29) is 5.54 Å². The van der Waals surface area contributed by atoms with Gasteiger partial charge in [-0.15, -0.1) is 0 Å². The van der Waals surface area contributed by atoms with Gasteiger partial charge in [-0.2, -0.15) is 0 Å². The van der Waals surface area contributed by atoms with E-state index >= 15 is 0 Å². The molecule has 0 saturated carbocycles. The Morgan fingerprint density at radius 1 is 1.38 bits per heavy atom. The summed E-state index contributed by atoms with van der Waals surface area (Å²) < 4.78 is 5.25. The quantitative estimate of drug-likeness (QED) is 0.824. The topological polar surface area (TPSA) is 47.6 Å². The highest BCUT2D eigenvalue weighted by Gasteiger charge is 2.31. The van der Waals surface area contributed by atoms with E-state index in [2.05, 4.69) is 44.0 Å². The van der Waals surface area contributed by atoms with Crippen molar-refractivity contribution in [2.75, 3.05) is 6.61 Å². The van der Waals surface area contributed by atoms with Crippen LogP contribution in [0, 0.1) is 13.8 Å². The van der Waals surface area contributed by atoms with Crippen LogP contribution in [0.4, 0.5) is 0 Å². The molecule has 0 radical (unpaired) electrons. The fourth-order valence-corrected chi connectivity index (χ4v) is 2.16. The lowest BCUT2D eigenvalue weighted by molar-refractivity contribution is 0.263. The summed E-state index contributed by atoms with van der Waals surface area (Å²) in [5.41, 5.74) is 9.33. The molecule has 3 heteroatoms. The smallest absolute Gasteiger partial charge is 0.282 e. The van der Waals surface area contributed by atoms with Crippen molar-refractivity contribution in [1.29, 1.82) is 0 Å². The second-order valence-corrected chi connectivity index (χ2v) is 4.78. The van der Waals surface area contributed by atoms with Gasteiger partial charge in [-0.3, -0.25) is 0 Å². The first-order valence-corrected chi connectivity index (χ1v) is 5.53. The van der Waals surface area contributed by atoms with Crippen LogP contribution in [0.25, 0.3) is 0 Å². The number of rotatable bonds is 2. The van der Waals surface area contributed by atoms with Gasteiger partial charge in [0.25, 0.3) is 6.02 Å². The fourth-order valence-electron chi connectivity index (χ4n) is 2.16. The molecule has 0 saturated heterocycles. The molecule has 0 fully saturated rings. The number of aryl methyl sites for hydroxylation is 2. The predicted molar refractivity (Wildman–Crippen MR) is 65.6 cm³/mol. The zero-order chi connectivity index (χ0) is 11.8. The minimum absolute atomic E-state index is 0.207. The number of hydrogen-bond acceptors (Lipinski definition) is 3. The third kappa shape index (κ3) is 2.03. The number of aliphatic imine (C=N–C) groups is 1. The van der Waals surface area contributed by atoms with Crippen molar-refractivity contribution >= 4 is 6.02 Å². The molecule has 1 aromatic carbocycles. The number of nitrogens with two attached hydrogens (primary N) is 1. The summed E-state index contributed by atoms with van der Waals surface area (Å²) in [6.07, 6.45) is 0.881. The average molecular weight is 218 g/mol. The Hall–Kier alpha value is -1.51. The van der Waals surface area contributed by atoms with Crippen molar-refractivity contribution < 1.29 is 4.74 Å². The van der Waals surface area contributed by atoms with Crippen LogP contribution in [0.5, 0.6) is 0 Å². The predicted octanol–water partition coefficient (Wildman–Crippen LogP) is 1.95. The molecule has 1 heterocycles. The molecule has 0 amide bonds. The van der Waals surface area contributed by atoms with Crippen molar-refractivity contribution in [3.63, 3.8) is 0 Å². The monoisotopic (exact) mass is 218 g/mol. The zero-order valence-corrected chi connectivity index (χ0v) is 10.1. The molecule has 1 atom stereocenters. The van der Waals surface area contributed by atoms with Crippen LogP contribution in [0.1, 0.15) is 23.6 Å². The van der Waals surface area contributed by atoms with Crippen molar-refractivity contribution in [2.45, 2.75) is 32.7 Å². The van der Waals surface area contributed by atoms with Crippen molar-refractivity contribution in [1.82, 2.24) is 0 Å². The minimum Gasteiger partial charge on any atom is -0.463 e. The minimum atomic E-state index is -0.207. The first kappa shape index (κ1) is 11.0. The Bertz CT molecular complexity index is 419. The molecule has 0 spiro atoms. The molecule has 0 aromatic heterocycles. The summed E-state index contributed by atoms with van der Waals surface area (Å²) in [6, 6.07) is 6.66. The summed E-state index contributed by atoms with van der Waals surface area (Å²) in [6.45, 7) is 6.93. The Morgan fingerprint density at radius 2 is 2.00 bits per heavy atom. The van der Waals surface area contributed by atoms with Crippen LogP contribution in [-0.4, -0.2) is 18.2 Å². The summed E-state index contributed by atoms with van der Waals surface area (Å²) in [7, 11) is 0. The third-order valence-electron chi connectivity index (χ3n) is 3.11. The van der Waals surface area contributed by atoms with Crippen LogP contribution in [0.3, 0.4) is 0 Å². The van der Waals surface area contributed by atoms with E-state index in [1.54, 1.807) is 0 Å². The molecule has 1 aliphatic rings. The molecule has 1 aliphatic heterocycles. The summed E-state index contributed by atoms with van der Waals surface area (Å²) in [5, 5.41) is 0. The number of benzene rings is 1. The summed E-state index contributed by atoms with van der Waals surface area (Å²) >= 11 is 0. The Morgan fingerprint density at radius 3 is 2.50 bits per heavy atom. The Kier molecular flexibility index (Phi) is 2.62. The van der Waals surface area contributed by atoms with Crippen LogP contribution in [0.15, 0.2) is 23.2 Å². The van der Waals surface area contributed by atoms with Crippen molar-refractivity contribution in [3.8, 4) is 0 Å². The summed E-state index contributed by atoms with van der Waals surface area (Å²) in [4.78, 5) is 4.37. The number of ether oxygens (including phenoxy) is 1. The fraction of sp³-hybridized carbons (Fsp3) is 0.462. The molecule has 2 N–H and O–H groups in total. The van der Waals surface area contributed by atoms with E-state index in [1.807, 2.05) is 0 Å². The van der Waals surface area contributed by atoms with E-state index in [1.165, 1.54) is 16.7 Å². The molecule has 0 aliphatic carbocycles. The van der Waals surface area contributed by atoms with E-state index in [4.69, 9.17) is 10.5 Å². The molecule has 0 unspecified atom stereocenters. The molecule has 1 aromatic rings. The summed E-state index contributed by atoms with van der Waals surface area (Å²) in [5.74, 6) is 0. The van der Waals surface area contributed by atoms with Crippen LogP contribution < -0.4 is 5.73 Å². The van der Waals surface area contributed by atoms with Gasteiger partial charge in [0.15, 0.2) is 0 Å². The molecule has 0 bridgehead atoms. The third-order valence-corrected chi connectivity index (χ3v) is 3.11. The van der Waals surface area contributed by atoms with Crippen molar-refractivity contribution in [2.24, 2.45) is 10.7 Å². The lowest BCUT2D eigenvalue weighted by atomic mass is 9.89. The van der Waals surface area contributed by atoms with Gasteiger partial charge in [0, 0.05) is 6.42 Å². The first-order valence-electron chi connectivity index (χ1n) is 5.53. The highest BCUT2D eigenvalue weighted by molar-refractivity contribution is 5.73. The van der Waals surface area contributed by atoms with E-state index < -0.39 is 0 Å². The maximum Gasteiger partial charge on any atom is 0.282 e. The first-order chi connectivity index (χ1) is 7.50. The highest BCUT2D eigenvalue weighted by atomic mass is 16.5. The lowest BCUT2D eigenvalue weighted by Crippen LogP contribution is -2.27. The van der Waals surface area contributed by atoms with E-state index in [9.17, 15) is 0 Å². The zero-order valence-electron chi connectivity index (χ0n) is 10.1. The second kappa shape index (κ2) is 3.81.